The van der Waals surface area contributed by atoms with Crippen molar-refractivity contribution in [3.05, 3.63) is 24.0 Å². The highest BCUT2D eigenvalue weighted by Crippen LogP contribution is 2.15. The van der Waals surface area contributed by atoms with Gasteiger partial charge in [-0.1, -0.05) is 0 Å². The summed E-state index contributed by atoms with van der Waals surface area (Å²) in [6.07, 6.45) is 3.24. The van der Waals surface area contributed by atoms with Crippen LogP contribution in [0.4, 0.5) is 0 Å². The van der Waals surface area contributed by atoms with E-state index < -0.39 is 0 Å². The number of aliphatic hydroxyl groups is 1. The Kier molecular flexibility index (Phi) is 2.86. The average molecular weight is 153 g/mol. The molecule has 0 aliphatic heterocycles. The van der Waals surface area contributed by atoms with Crippen molar-refractivity contribution in [3.63, 3.8) is 0 Å². The van der Waals surface area contributed by atoms with Gasteiger partial charge in [0.25, 0.3) is 0 Å². The molecule has 1 heterocycles. The largest absolute Gasteiger partial charge is 0.492 e. The second-order valence-electron chi connectivity index (χ2n) is 2.07. The molecule has 0 fully saturated rings. The van der Waals surface area contributed by atoms with Crippen molar-refractivity contribution in [1.82, 2.24) is 4.98 Å². The zero-order chi connectivity index (χ0) is 8.10. The predicted octanol–water partition coefficient (Wildman–Crippen LogP) is 0.973. The molecular weight excluding hydrogens is 142 g/mol. The SMILES string of the molecule is CCOc1cnccc1CO. The molecule has 0 aromatic carbocycles. The quantitative estimate of drug-likeness (QED) is 0.703. The maximum Gasteiger partial charge on any atom is 0.143 e. The number of aliphatic hydroxyl groups excluding tert-OH is 1. The topological polar surface area (TPSA) is 42.4 Å². The molecule has 0 unspecified atom stereocenters. The van der Waals surface area contributed by atoms with Gasteiger partial charge in [0, 0.05) is 11.8 Å². The van der Waals surface area contributed by atoms with Crippen LogP contribution in [-0.4, -0.2) is 16.7 Å². The summed E-state index contributed by atoms with van der Waals surface area (Å²) in [5, 5.41) is 8.84. The Morgan fingerprint density at radius 1 is 1.64 bits per heavy atom. The van der Waals surface area contributed by atoms with E-state index in [0.29, 0.717) is 12.4 Å². The van der Waals surface area contributed by atoms with Crippen molar-refractivity contribution in [1.29, 1.82) is 0 Å². The fourth-order valence-corrected chi connectivity index (χ4v) is 0.825. The third kappa shape index (κ3) is 1.91. The molecule has 0 saturated heterocycles. The normalized spacial score (nSPS) is 9.64. The highest BCUT2D eigenvalue weighted by molar-refractivity contribution is 5.28. The molecule has 60 valence electrons. The van der Waals surface area contributed by atoms with Crippen molar-refractivity contribution >= 4 is 0 Å². The van der Waals surface area contributed by atoms with E-state index in [1.807, 2.05) is 6.92 Å². The number of aromatic nitrogens is 1. The van der Waals surface area contributed by atoms with Gasteiger partial charge in [0.1, 0.15) is 5.75 Å². The highest BCUT2D eigenvalue weighted by Gasteiger charge is 1.99. The molecule has 0 aliphatic rings. The summed E-state index contributed by atoms with van der Waals surface area (Å²) in [4.78, 5) is 3.88. The maximum atomic E-state index is 8.84. The first-order chi connectivity index (χ1) is 5.38. The fraction of sp³-hybridized carbons (Fsp3) is 0.375. The molecule has 0 saturated carbocycles. The summed E-state index contributed by atoms with van der Waals surface area (Å²) in [6, 6.07) is 1.74. The van der Waals surface area contributed by atoms with Gasteiger partial charge in [-0.05, 0) is 13.0 Å². The fourth-order valence-electron chi connectivity index (χ4n) is 0.825. The van der Waals surface area contributed by atoms with Gasteiger partial charge in [0.05, 0.1) is 19.4 Å². The van der Waals surface area contributed by atoms with Gasteiger partial charge in [0.15, 0.2) is 0 Å². The van der Waals surface area contributed by atoms with E-state index in [2.05, 4.69) is 4.98 Å². The van der Waals surface area contributed by atoms with E-state index in [4.69, 9.17) is 9.84 Å². The van der Waals surface area contributed by atoms with Crippen LogP contribution in [0, 0.1) is 0 Å². The number of hydrogen-bond acceptors (Lipinski definition) is 3. The molecule has 0 spiro atoms. The van der Waals surface area contributed by atoms with E-state index in [1.165, 1.54) is 0 Å². The van der Waals surface area contributed by atoms with Crippen LogP contribution in [-0.2, 0) is 6.61 Å². The molecule has 3 heteroatoms. The minimum atomic E-state index is -0.00213. The summed E-state index contributed by atoms with van der Waals surface area (Å²) in [7, 11) is 0. The maximum absolute atomic E-state index is 8.84. The third-order valence-corrected chi connectivity index (χ3v) is 1.34. The van der Waals surface area contributed by atoms with Gasteiger partial charge in [-0.25, -0.2) is 0 Å². The Balaban J connectivity index is 2.83. The van der Waals surface area contributed by atoms with Crippen LogP contribution in [0.2, 0.25) is 0 Å². The van der Waals surface area contributed by atoms with Crippen LogP contribution in [0.1, 0.15) is 12.5 Å². The smallest absolute Gasteiger partial charge is 0.143 e. The molecular formula is C8H11NO2. The average Bonchev–Trinajstić information content (AvgIpc) is 2.06. The van der Waals surface area contributed by atoms with Crippen molar-refractivity contribution in [2.75, 3.05) is 6.61 Å². The predicted molar refractivity (Wildman–Crippen MR) is 41.3 cm³/mol. The Hall–Kier alpha value is -1.09. The van der Waals surface area contributed by atoms with Crippen LogP contribution < -0.4 is 4.74 Å². The van der Waals surface area contributed by atoms with Crippen molar-refractivity contribution < 1.29 is 9.84 Å². The van der Waals surface area contributed by atoms with Gasteiger partial charge >= 0.3 is 0 Å². The van der Waals surface area contributed by atoms with E-state index in [1.54, 1.807) is 18.5 Å². The number of nitrogens with zero attached hydrogens (tertiary/aromatic N) is 1. The summed E-state index contributed by atoms with van der Waals surface area (Å²) < 4.78 is 5.21. The van der Waals surface area contributed by atoms with Gasteiger partial charge in [-0.2, -0.15) is 0 Å². The summed E-state index contributed by atoms with van der Waals surface area (Å²) >= 11 is 0. The molecule has 1 rings (SSSR count). The Bertz CT molecular complexity index is 225. The minimum Gasteiger partial charge on any atom is -0.492 e. The van der Waals surface area contributed by atoms with Crippen LogP contribution in [0.15, 0.2) is 18.5 Å². The Morgan fingerprint density at radius 3 is 3.09 bits per heavy atom. The van der Waals surface area contributed by atoms with Gasteiger partial charge in [-0.3, -0.25) is 4.98 Å². The van der Waals surface area contributed by atoms with E-state index in [-0.39, 0.29) is 6.61 Å². The van der Waals surface area contributed by atoms with Crippen molar-refractivity contribution in [2.24, 2.45) is 0 Å². The number of hydrogen-bond donors (Lipinski definition) is 1. The van der Waals surface area contributed by atoms with Crippen LogP contribution in [0.5, 0.6) is 5.75 Å². The summed E-state index contributed by atoms with van der Waals surface area (Å²) in [5.41, 5.74) is 0.779. The lowest BCUT2D eigenvalue weighted by Gasteiger charge is -2.05. The zero-order valence-electron chi connectivity index (χ0n) is 6.45. The Labute approximate surface area is 65.7 Å². The molecule has 0 radical (unpaired) electrons. The van der Waals surface area contributed by atoms with Crippen molar-refractivity contribution in [3.8, 4) is 5.75 Å². The first-order valence-corrected chi connectivity index (χ1v) is 3.55. The van der Waals surface area contributed by atoms with Gasteiger partial charge in [-0.15, -0.1) is 0 Å². The lowest BCUT2D eigenvalue weighted by atomic mass is 10.3. The van der Waals surface area contributed by atoms with Gasteiger partial charge in [0.2, 0.25) is 0 Å². The number of ether oxygens (including phenoxy) is 1. The molecule has 1 N–H and O–H groups in total. The molecule has 0 aliphatic carbocycles. The molecule has 3 nitrogen and oxygen atoms in total. The summed E-state index contributed by atoms with van der Waals surface area (Å²) in [5.74, 6) is 0.664. The van der Waals surface area contributed by atoms with E-state index in [9.17, 15) is 0 Å². The van der Waals surface area contributed by atoms with Crippen LogP contribution in [0.25, 0.3) is 0 Å². The minimum absolute atomic E-state index is 0.00213. The first kappa shape index (κ1) is 8.01. The lowest BCUT2D eigenvalue weighted by molar-refractivity contribution is 0.266. The molecule has 11 heavy (non-hydrogen) atoms. The van der Waals surface area contributed by atoms with Crippen molar-refractivity contribution in [2.45, 2.75) is 13.5 Å². The number of rotatable bonds is 3. The lowest BCUT2D eigenvalue weighted by Crippen LogP contribution is -1.96. The van der Waals surface area contributed by atoms with Gasteiger partial charge < -0.3 is 9.84 Å². The molecule has 1 aromatic heterocycles. The zero-order valence-corrected chi connectivity index (χ0v) is 6.45. The highest BCUT2D eigenvalue weighted by atomic mass is 16.5. The third-order valence-electron chi connectivity index (χ3n) is 1.34. The summed E-state index contributed by atoms with van der Waals surface area (Å²) in [6.45, 7) is 2.49. The van der Waals surface area contributed by atoms with E-state index in [0.717, 1.165) is 5.56 Å². The Morgan fingerprint density at radius 2 is 2.45 bits per heavy atom. The van der Waals surface area contributed by atoms with Crippen LogP contribution >= 0.6 is 0 Å². The molecule has 0 amide bonds. The molecule has 1 aromatic rings. The monoisotopic (exact) mass is 153 g/mol. The van der Waals surface area contributed by atoms with Crippen LogP contribution in [0.3, 0.4) is 0 Å². The second-order valence-corrected chi connectivity index (χ2v) is 2.07. The van der Waals surface area contributed by atoms with E-state index >= 15 is 0 Å². The standard InChI is InChI=1S/C8H11NO2/c1-2-11-8-5-9-4-3-7(8)6-10/h3-5,10H,2,6H2,1H3. The first-order valence-electron chi connectivity index (χ1n) is 3.55. The number of pyridine rings is 1. The molecule has 0 bridgehead atoms. The second kappa shape index (κ2) is 3.93. The molecule has 0 atom stereocenters.